The second-order valence-electron chi connectivity index (χ2n) is 21.7. The Morgan fingerprint density at radius 1 is 0.279 bits per heavy atom. The largest absolute Gasteiger partial charge is 0.371 e. The van der Waals surface area contributed by atoms with Gasteiger partial charge in [0.15, 0.2) is 0 Å². The van der Waals surface area contributed by atoms with Crippen molar-refractivity contribution >= 4 is 56.9 Å². The average molecular weight is 938 g/mol. The van der Waals surface area contributed by atoms with E-state index in [1.165, 1.54) is 33.5 Å². The topological polar surface area (TPSA) is 19.0 Å². The van der Waals surface area contributed by atoms with Gasteiger partial charge in [0, 0.05) is 148 Å². The van der Waals surface area contributed by atoms with Gasteiger partial charge in [-0.2, -0.15) is 9.15 Å². The summed E-state index contributed by atoms with van der Waals surface area (Å²) >= 11 is 0. The zero-order valence-corrected chi connectivity index (χ0v) is 44.3. The summed E-state index contributed by atoms with van der Waals surface area (Å²) in [5.74, 6) is 0.611. The van der Waals surface area contributed by atoms with E-state index in [-0.39, 0.29) is 153 Å². The molecule has 4 aromatic rings. The van der Waals surface area contributed by atoms with Crippen molar-refractivity contribution in [1.82, 2.24) is 9.15 Å². The molecule has 0 heterocycles. The van der Waals surface area contributed by atoms with Crippen LogP contribution in [0.4, 0.5) is 45.5 Å². The standard InChI is InChI=1S/C62H92N6/c1-45(2)37-63(38-46(3)4)53-17-25-57(26-18-53)67(58-27-19-54(20-28-58)64(39-47(5)6)40-48(7)8)61-33-35-62(36-34-61)68(59-29-21-55(22-30-59)65(41-49(9)10)42-50(11)12)60-31-23-56(24-32-60)66(43-51(13)14)44-52(15)16/h17-36,45-52H,37-44H2,1-16H3/q+2/i17D,18D,19D,20D,21D,22D,23D,24D,25D,26D,27D,28D,29D,30D,31D,32D. The highest BCUT2D eigenvalue weighted by atomic mass is 15.2. The van der Waals surface area contributed by atoms with Crippen LogP contribution < -0.4 is 28.8 Å². The number of nitrogens with zero attached hydrogens (tertiary/aromatic N) is 6. The molecule has 0 radical (unpaired) electrons. The zero-order valence-electron chi connectivity index (χ0n) is 60.3. The Bertz CT molecular complexity index is 2640. The molecule has 0 saturated carbocycles. The van der Waals surface area contributed by atoms with Gasteiger partial charge in [-0.3, -0.25) is 0 Å². The molecular weight excluding hydrogens is 829 g/mol. The van der Waals surface area contributed by atoms with Crippen molar-refractivity contribution in [2.24, 2.45) is 47.3 Å². The summed E-state index contributed by atoms with van der Waals surface area (Å²) in [7, 11) is 0. The Hall–Kier alpha value is -5.10. The third kappa shape index (κ3) is 16.0. The van der Waals surface area contributed by atoms with Gasteiger partial charge < -0.3 is 19.6 Å². The Kier molecular flexibility index (Phi) is 13.1. The van der Waals surface area contributed by atoms with Crippen molar-refractivity contribution in [2.45, 2.75) is 111 Å². The molecule has 0 bridgehead atoms. The minimum absolute atomic E-state index is 0.0315. The summed E-state index contributed by atoms with van der Waals surface area (Å²) < 4.78 is 157. The highest BCUT2D eigenvalue weighted by Gasteiger charge is 2.26. The highest BCUT2D eigenvalue weighted by molar-refractivity contribution is 6.20. The third-order valence-corrected chi connectivity index (χ3v) is 10.6. The molecule has 0 spiro atoms. The van der Waals surface area contributed by atoms with Crippen LogP contribution in [0.1, 0.15) is 133 Å². The number of hydrogen-bond donors (Lipinski definition) is 0. The van der Waals surface area contributed by atoms with Gasteiger partial charge in [-0.05, 0) is 95.7 Å². The first-order valence-corrected chi connectivity index (χ1v) is 25.1. The van der Waals surface area contributed by atoms with Crippen LogP contribution >= 0.6 is 0 Å². The van der Waals surface area contributed by atoms with Crippen LogP contribution in [0, 0.1) is 47.3 Å². The fourth-order valence-electron chi connectivity index (χ4n) is 8.32. The van der Waals surface area contributed by atoms with Gasteiger partial charge in [0.25, 0.3) is 0 Å². The molecular formula is C62H92N6+2. The first-order valence-electron chi connectivity index (χ1n) is 33.1. The monoisotopic (exact) mass is 937 g/mol. The number of hydrogen-bond acceptors (Lipinski definition) is 4. The SMILES string of the molecule is [2H]c1c([2H])c([N+](=C2C=CC(=[N+](c3c([2H])c([2H])c(N(CC(C)C)CC(C)C)c([2H])c3[2H])c3c([2H])c([2H])c(N(CC(C)C)CC(C)C)c([2H])c3[2H])C=C2)c2c([2H])c([2H])c(N(CC(C)C)CC(C)C)c([2H])c2[2H])c([2H])c([2H])c1N(CC(C)C)CC(C)C. The number of anilines is 4. The van der Waals surface area contributed by atoms with Gasteiger partial charge in [-0.25, -0.2) is 0 Å². The minimum atomic E-state index is -0.517. The van der Waals surface area contributed by atoms with Crippen molar-refractivity contribution in [2.75, 3.05) is 72.0 Å². The van der Waals surface area contributed by atoms with E-state index in [0.29, 0.717) is 52.4 Å². The van der Waals surface area contributed by atoms with E-state index in [4.69, 9.17) is 0 Å². The molecule has 4 aromatic carbocycles. The van der Waals surface area contributed by atoms with E-state index in [9.17, 15) is 21.9 Å². The van der Waals surface area contributed by atoms with Crippen molar-refractivity contribution in [1.29, 1.82) is 0 Å². The molecule has 0 aliphatic heterocycles. The molecule has 0 aromatic heterocycles. The maximum absolute atomic E-state index is 9.77. The van der Waals surface area contributed by atoms with Crippen LogP contribution in [-0.2, 0) is 0 Å². The predicted octanol–water partition coefficient (Wildman–Crippen LogP) is 15.5. The normalized spacial score (nSPS) is 16.2. The average Bonchev–Trinajstić information content (AvgIpc) is 0.938. The van der Waals surface area contributed by atoms with Crippen LogP contribution in [0.15, 0.2) is 121 Å². The molecule has 0 unspecified atom stereocenters. The van der Waals surface area contributed by atoms with Gasteiger partial charge in [-0.1, -0.05) is 111 Å². The molecule has 6 heteroatoms. The van der Waals surface area contributed by atoms with E-state index in [1.54, 1.807) is 0 Å². The van der Waals surface area contributed by atoms with Gasteiger partial charge in [0.2, 0.25) is 34.2 Å². The first kappa shape index (κ1) is 35.1. The molecule has 0 atom stereocenters. The number of rotatable bonds is 24. The van der Waals surface area contributed by atoms with Crippen molar-refractivity contribution in [3.63, 3.8) is 0 Å². The fraction of sp³-hybridized carbons (Fsp3) is 0.516. The molecule has 0 saturated heterocycles. The quantitative estimate of drug-likeness (QED) is 0.0515. The molecule has 0 fully saturated rings. The van der Waals surface area contributed by atoms with E-state index in [1.807, 2.05) is 130 Å². The highest BCUT2D eigenvalue weighted by Crippen LogP contribution is 2.31. The molecule has 1 aliphatic carbocycles. The zero-order chi connectivity index (χ0) is 63.6. The maximum Gasteiger partial charge on any atom is 0.212 e. The summed E-state index contributed by atoms with van der Waals surface area (Å²) in [6, 6.07) is -7.20. The maximum atomic E-state index is 9.77. The first-order chi connectivity index (χ1) is 39.0. The Morgan fingerprint density at radius 3 is 0.559 bits per heavy atom. The minimum Gasteiger partial charge on any atom is -0.371 e. The lowest BCUT2D eigenvalue weighted by Crippen LogP contribution is -2.31. The Morgan fingerprint density at radius 2 is 0.426 bits per heavy atom. The lowest BCUT2D eigenvalue weighted by molar-refractivity contribution is 0.552. The third-order valence-electron chi connectivity index (χ3n) is 10.6. The van der Waals surface area contributed by atoms with E-state index < -0.39 is 48.3 Å². The second-order valence-corrected chi connectivity index (χ2v) is 21.7. The van der Waals surface area contributed by atoms with Gasteiger partial charge in [0.05, 0.1) is 21.9 Å². The molecule has 5 rings (SSSR count). The Balaban J connectivity index is 2.07. The van der Waals surface area contributed by atoms with E-state index in [2.05, 4.69) is 0 Å². The summed E-state index contributed by atoms with van der Waals surface area (Å²) in [4.78, 5) is 7.35. The van der Waals surface area contributed by atoms with Crippen LogP contribution in [0.2, 0.25) is 0 Å². The van der Waals surface area contributed by atoms with E-state index >= 15 is 0 Å². The summed E-state index contributed by atoms with van der Waals surface area (Å²) in [5, 5.41) is 0. The smallest absolute Gasteiger partial charge is 0.212 e. The molecule has 68 heavy (non-hydrogen) atoms. The van der Waals surface area contributed by atoms with Crippen LogP contribution in [-0.4, -0.2) is 63.8 Å². The molecule has 6 nitrogen and oxygen atoms in total. The van der Waals surface area contributed by atoms with Crippen molar-refractivity contribution in [3.05, 3.63) is 121 Å². The number of allylic oxidation sites excluding steroid dienone is 4. The molecule has 0 N–H and O–H groups in total. The predicted molar refractivity (Wildman–Crippen MR) is 305 cm³/mol. The van der Waals surface area contributed by atoms with Crippen molar-refractivity contribution in [3.8, 4) is 0 Å². The summed E-state index contributed by atoms with van der Waals surface area (Å²) in [6.45, 7) is 35.3. The lowest BCUT2D eigenvalue weighted by Gasteiger charge is -2.29. The summed E-state index contributed by atoms with van der Waals surface area (Å²) in [6.07, 6.45) is 5.80. The van der Waals surface area contributed by atoms with Gasteiger partial charge in [0.1, 0.15) is 0 Å². The van der Waals surface area contributed by atoms with Crippen LogP contribution in [0.3, 0.4) is 0 Å². The van der Waals surface area contributed by atoms with Crippen LogP contribution in [0.5, 0.6) is 0 Å². The lowest BCUT2D eigenvalue weighted by atomic mass is 10.1. The van der Waals surface area contributed by atoms with Gasteiger partial charge in [-0.15, -0.1) is 0 Å². The Labute approximate surface area is 438 Å². The van der Waals surface area contributed by atoms with Gasteiger partial charge >= 0.3 is 0 Å². The second kappa shape index (κ2) is 25.5. The van der Waals surface area contributed by atoms with Crippen molar-refractivity contribution < 1.29 is 21.9 Å². The molecule has 368 valence electrons. The van der Waals surface area contributed by atoms with E-state index in [0.717, 1.165) is 0 Å². The molecule has 0 amide bonds. The summed E-state index contributed by atoms with van der Waals surface area (Å²) in [5.41, 5.74) is -1.13. The fourth-order valence-corrected chi connectivity index (χ4v) is 8.32. The number of benzene rings is 4. The molecule has 1 aliphatic rings. The van der Waals surface area contributed by atoms with Crippen LogP contribution in [0.25, 0.3) is 0 Å².